The van der Waals surface area contributed by atoms with Crippen molar-refractivity contribution >= 4 is 18.1 Å². The zero-order valence-corrected chi connectivity index (χ0v) is 19.3. The van der Waals surface area contributed by atoms with Crippen molar-refractivity contribution in [1.29, 1.82) is 0 Å². The van der Waals surface area contributed by atoms with Crippen LogP contribution >= 0.6 is 0 Å². The molecule has 0 unspecified atom stereocenters. The number of nitrogens with zero attached hydrogens (tertiary/aromatic N) is 1. The molecule has 1 amide bonds. The lowest BCUT2D eigenvalue weighted by Crippen LogP contribution is -2.19. The maximum absolute atomic E-state index is 12.4. The molecule has 0 bridgehead atoms. The molecular formula is C27H26N2O5. The summed E-state index contributed by atoms with van der Waals surface area (Å²) in [6, 6.07) is 19.2. The van der Waals surface area contributed by atoms with Crippen molar-refractivity contribution in [2.45, 2.75) is 26.2 Å². The van der Waals surface area contributed by atoms with Crippen molar-refractivity contribution in [3.05, 3.63) is 89.0 Å². The van der Waals surface area contributed by atoms with Crippen LogP contribution in [0.15, 0.2) is 71.8 Å². The van der Waals surface area contributed by atoms with Crippen molar-refractivity contribution in [2.24, 2.45) is 5.10 Å². The zero-order valence-electron chi connectivity index (χ0n) is 19.3. The van der Waals surface area contributed by atoms with E-state index < -0.39 is 5.97 Å². The van der Waals surface area contributed by atoms with Crippen molar-refractivity contribution < 1.29 is 23.8 Å². The van der Waals surface area contributed by atoms with Gasteiger partial charge in [-0.1, -0.05) is 32.9 Å². The molecule has 174 valence electrons. The molecule has 0 aromatic heterocycles. The van der Waals surface area contributed by atoms with Crippen LogP contribution in [0.1, 0.15) is 52.6 Å². The van der Waals surface area contributed by atoms with Gasteiger partial charge >= 0.3 is 5.97 Å². The van der Waals surface area contributed by atoms with Crippen molar-refractivity contribution in [3.8, 4) is 17.2 Å². The Bertz CT molecular complexity index is 1210. The number of hydrazone groups is 1. The van der Waals surface area contributed by atoms with Gasteiger partial charge < -0.3 is 14.2 Å². The summed E-state index contributed by atoms with van der Waals surface area (Å²) in [7, 11) is 0. The molecule has 1 aliphatic rings. The first-order chi connectivity index (χ1) is 16.3. The average molecular weight is 459 g/mol. The van der Waals surface area contributed by atoms with E-state index in [4.69, 9.17) is 14.2 Å². The van der Waals surface area contributed by atoms with E-state index in [0.717, 1.165) is 11.1 Å². The van der Waals surface area contributed by atoms with E-state index in [0.29, 0.717) is 41.6 Å². The number of carbonyl (C=O) groups is 2. The number of amides is 1. The summed E-state index contributed by atoms with van der Waals surface area (Å²) in [4.78, 5) is 24.7. The number of fused-ring (bicyclic) bond motifs is 1. The molecule has 0 spiro atoms. The number of esters is 1. The van der Waals surface area contributed by atoms with E-state index in [1.807, 2.05) is 12.1 Å². The Balaban J connectivity index is 1.32. The lowest BCUT2D eigenvalue weighted by Gasteiger charge is -2.18. The highest BCUT2D eigenvalue weighted by atomic mass is 16.6. The summed E-state index contributed by atoms with van der Waals surface area (Å²) >= 11 is 0. The van der Waals surface area contributed by atoms with Gasteiger partial charge in [-0.25, -0.2) is 10.2 Å². The molecule has 1 aliphatic heterocycles. The number of carbonyl (C=O) groups excluding carboxylic acids is 2. The maximum atomic E-state index is 12.4. The molecule has 1 N–H and O–H groups in total. The predicted octanol–water partition coefficient (Wildman–Crippen LogP) is 4.74. The van der Waals surface area contributed by atoms with Gasteiger partial charge in [-0.15, -0.1) is 0 Å². The molecule has 7 nitrogen and oxygen atoms in total. The molecule has 3 aromatic carbocycles. The van der Waals surface area contributed by atoms with Gasteiger partial charge in [0.25, 0.3) is 5.91 Å². The second kappa shape index (κ2) is 9.79. The van der Waals surface area contributed by atoms with E-state index >= 15 is 0 Å². The molecule has 0 radical (unpaired) electrons. The van der Waals surface area contributed by atoms with Crippen LogP contribution < -0.4 is 19.6 Å². The normalized spacial score (nSPS) is 12.9. The molecule has 0 atom stereocenters. The number of ether oxygens (including phenoxy) is 3. The maximum Gasteiger partial charge on any atom is 0.343 e. The Morgan fingerprint density at radius 1 is 0.882 bits per heavy atom. The van der Waals surface area contributed by atoms with Gasteiger partial charge in [-0.2, -0.15) is 5.10 Å². The summed E-state index contributed by atoms with van der Waals surface area (Å²) in [6.07, 6.45) is 1.51. The molecule has 34 heavy (non-hydrogen) atoms. The minimum absolute atomic E-state index is 0.0171. The molecule has 0 saturated heterocycles. The Morgan fingerprint density at radius 2 is 1.53 bits per heavy atom. The smallest absolute Gasteiger partial charge is 0.343 e. The van der Waals surface area contributed by atoms with Crippen LogP contribution in [0.25, 0.3) is 0 Å². The van der Waals surface area contributed by atoms with Gasteiger partial charge in [0.2, 0.25) is 0 Å². The van der Waals surface area contributed by atoms with Crippen molar-refractivity contribution in [3.63, 3.8) is 0 Å². The SMILES string of the molecule is CC(C)(C)c1ccc(C(=O)Oc2ccc(C=NNC(=O)c3ccc4c(c3)OCCO4)cc2)cc1. The molecular weight excluding hydrogens is 432 g/mol. The summed E-state index contributed by atoms with van der Waals surface area (Å²) in [5, 5.41) is 3.99. The van der Waals surface area contributed by atoms with Gasteiger partial charge in [-0.05, 0) is 71.1 Å². The van der Waals surface area contributed by atoms with Crippen molar-refractivity contribution in [1.82, 2.24) is 5.43 Å². The zero-order chi connectivity index (χ0) is 24.1. The van der Waals surface area contributed by atoms with Gasteiger partial charge in [0.05, 0.1) is 11.8 Å². The van der Waals surface area contributed by atoms with E-state index in [1.54, 1.807) is 54.6 Å². The highest BCUT2D eigenvalue weighted by Gasteiger charge is 2.16. The average Bonchev–Trinajstić information content (AvgIpc) is 2.84. The molecule has 0 saturated carbocycles. The van der Waals surface area contributed by atoms with Gasteiger partial charge in [-0.3, -0.25) is 4.79 Å². The Hall–Kier alpha value is -4.13. The first-order valence-corrected chi connectivity index (χ1v) is 11.0. The van der Waals surface area contributed by atoms with Crippen LogP contribution in [0.3, 0.4) is 0 Å². The van der Waals surface area contributed by atoms with E-state index in [9.17, 15) is 9.59 Å². The fraction of sp³-hybridized carbons (Fsp3) is 0.222. The summed E-state index contributed by atoms with van der Waals surface area (Å²) < 4.78 is 16.4. The van der Waals surface area contributed by atoms with Crippen LogP contribution in [0.4, 0.5) is 0 Å². The molecule has 0 aliphatic carbocycles. The van der Waals surface area contributed by atoms with Gasteiger partial charge in [0.1, 0.15) is 19.0 Å². The second-order valence-electron chi connectivity index (χ2n) is 8.84. The molecule has 0 fully saturated rings. The molecule has 1 heterocycles. The fourth-order valence-corrected chi connectivity index (χ4v) is 3.31. The third kappa shape index (κ3) is 5.61. The summed E-state index contributed by atoms with van der Waals surface area (Å²) in [5.41, 5.74) is 5.29. The van der Waals surface area contributed by atoms with Crippen LogP contribution in [0, 0.1) is 0 Å². The van der Waals surface area contributed by atoms with Crippen LogP contribution in [0.2, 0.25) is 0 Å². The lowest BCUT2D eigenvalue weighted by molar-refractivity contribution is 0.0734. The van der Waals surface area contributed by atoms with E-state index in [1.165, 1.54) is 6.21 Å². The van der Waals surface area contributed by atoms with E-state index in [2.05, 4.69) is 31.3 Å². The first kappa shape index (κ1) is 23.0. The van der Waals surface area contributed by atoms with Crippen molar-refractivity contribution in [2.75, 3.05) is 13.2 Å². The standard InChI is InChI=1S/C27H26N2O5/c1-27(2,3)21-9-6-19(7-10-21)26(31)34-22-11-4-18(5-12-22)17-28-29-25(30)20-8-13-23-24(16-20)33-15-14-32-23/h4-13,16-17H,14-15H2,1-3H3,(H,29,30). The molecule has 7 heteroatoms. The minimum Gasteiger partial charge on any atom is -0.486 e. The van der Waals surface area contributed by atoms with E-state index in [-0.39, 0.29) is 11.3 Å². The monoisotopic (exact) mass is 458 g/mol. The first-order valence-electron chi connectivity index (χ1n) is 11.0. The highest BCUT2D eigenvalue weighted by Crippen LogP contribution is 2.30. The van der Waals surface area contributed by atoms with Crippen LogP contribution in [0.5, 0.6) is 17.2 Å². The summed E-state index contributed by atoms with van der Waals surface area (Å²) in [6.45, 7) is 7.30. The summed E-state index contributed by atoms with van der Waals surface area (Å²) in [5.74, 6) is 0.791. The predicted molar refractivity (Wildman–Crippen MR) is 129 cm³/mol. The Morgan fingerprint density at radius 3 is 2.21 bits per heavy atom. The number of nitrogens with one attached hydrogen (secondary N) is 1. The second-order valence-corrected chi connectivity index (χ2v) is 8.84. The largest absolute Gasteiger partial charge is 0.486 e. The third-order valence-corrected chi connectivity index (χ3v) is 5.26. The molecule has 4 rings (SSSR count). The highest BCUT2D eigenvalue weighted by molar-refractivity contribution is 5.95. The lowest BCUT2D eigenvalue weighted by atomic mass is 9.87. The number of benzene rings is 3. The quantitative estimate of drug-likeness (QED) is 0.258. The third-order valence-electron chi connectivity index (χ3n) is 5.26. The topological polar surface area (TPSA) is 86.2 Å². The van der Waals surface area contributed by atoms with Gasteiger partial charge in [0.15, 0.2) is 11.5 Å². The van der Waals surface area contributed by atoms with Crippen LogP contribution in [-0.2, 0) is 5.41 Å². The van der Waals surface area contributed by atoms with Gasteiger partial charge in [0, 0.05) is 5.56 Å². The number of hydrogen-bond donors (Lipinski definition) is 1. The minimum atomic E-state index is -0.423. The number of hydrogen-bond acceptors (Lipinski definition) is 6. The number of rotatable bonds is 5. The van der Waals surface area contributed by atoms with Crippen LogP contribution in [-0.4, -0.2) is 31.3 Å². The molecule has 3 aromatic rings. The fourth-order valence-electron chi connectivity index (χ4n) is 3.31. The Kier molecular flexibility index (Phi) is 6.63. The Labute approximate surface area is 198 Å².